The molecule has 2 aromatic rings. The zero-order chi connectivity index (χ0) is 33.8. The van der Waals surface area contributed by atoms with Crippen molar-refractivity contribution < 1.29 is 4.39 Å². The number of nitrogens with zero attached hydrogens (tertiary/aromatic N) is 4. The van der Waals surface area contributed by atoms with E-state index in [4.69, 9.17) is 0 Å². The van der Waals surface area contributed by atoms with Gasteiger partial charge in [-0.05, 0) is 101 Å². The number of rotatable bonds is 19. The van der Waals surface area contributed by atoms with E-state index in [1.165, 1.54) is 82.1 Å². The second-order valence-corrected chi connectivity index (χ2v) is 14.4. The van der Waals surface area contributed by atoms with Crippen molar-refractivity contribution in [1.82, 2.24) is 20.1 Å². The molecule has 1 N–H and O–H groups in total. The Kier molecular flexibility index (Phi) is 13.7. The standard InChI is InChI=1S/C41H60FN5/c1-31(2)40-28-41(6,42)30-47(40)33(4)29-45-34(5)37-20-24-44-39-19-18-36(27-38(37)39)17-13-10-12-16-35-21-25-46(26-22-35)32(3)15-11-8-9-14-23-43-7/h18-20,23-24,27,35,40,45H,1,3-5,8-17,21-22,25-26,28-30H2,2,6-7H3/b43-23+. The van der Waals surface area contributed by atoms with E-state index in [2.05, 4.69) is 69.6 Å². The lowest BCUT2D eigenvalue weighted by Crippen LogP contribution is -2.34. The highest BCUT2D eigenvalue weighted by molar-refractivity contribution is 5.91. The van der Waals surface area contributed by atoms with Gasteiger partial charge >= 0.3 is 0 Å². The number of hydrogen-bond donors (Lipinski definition) is 1. The number of likely N-dealkylation sites (tertiary alicyclic amines) is 2. The van der Waals surface area contributed by atoms with E-state index in [0.29, 0.717) is 19.5 Å². The quantitative estimate of drug-likeness (QED) is 0.0943. The summed E-state index contributed by atoms with van der Waals surface area (Å²) < 4.78 is 14.9. The summed E-state index contributed by atoms with van der Waals surface area (Å²) in [4.78, 5) is 13.3. The van der Waals surface area contributed by atoms with Gasteiger partial charge in [0.05, 0.1) is 24.6 Å². The Morgan fingerprint density at radius 2 is 1.81 bits per heavy atom. The lowest BCUT2D eigenvalue weighted by Gasteiger charge is -2.35. The molecule has 0 radical (unpaired) electrons. The van der Waals surface area contributed by atoms with E-state index in [9.17, 15) is 4.39 Å². The fourth-order valence-electron chi connectivity index (χ4n) is 7.34. The Bertz CT molecular complexity index is 1400. The van der Waals surface area contributed by atoms with Crippen molar-refractivity contribution in [1.29, 1.82) is 0 Å². The Balaban J connectivity index is 1.18. The molecule has 5 nitrogen and oxygen atoms in total. The van der Waals surface area contributed by atoms with Gasteiger partial charge < -0.3 is 20.1 Å². The number of fused-ring (bicyclic) bond motifs is 1. The summed E-state index contributed by atoms with van der Waals surface area (Å²) in [5.41, 5.74) is 6.13. The Hall–Kier alpha value is -3.41. The van der Waals surface area contributed by atoms with Crippen molar-refractivity contribution in [3.05, 3.63) is 84.9 Å². The second kappa shape index (κ2) is 17.7. The van der Waals surface area contributed by atoms with E-state index in [-0.39, 0.29) is 6.04 Å². The number of piperidine rings is 1. The van der Waals surface area contributed by atoms with Crippen LogP contribution >= 0.6 is 0 Å². The van der Waals surface area contributed by atoms with Gasteiger partial charge in [0.25, 0.3) is 0 Å². The first-order chi connectivity index (χ1) is 22.6. The average Bonchev–Trinajstić information content (AvgIpc) is 3.40. The van der Waals surface area contributed by atoms with Crippen LogP contribution < -0.4 is 5.32 Å². The summed E-state index contributed by atoms with van der Waals surface area (Å²) >= 11 is 0. The smallest absolute Gasteiger partial charge is 0.127 e. The number of pyridine rings is 1. The second-order valence-electron chi connectivity index (χ2n) is 14.4. The number of benzene rings is 1. The molecule has 2 fully saturated rings. The fraction of sp³-hybridized carbons (Fsp3) is 0.561. The molecule has 2 aliphatic heterocycles. The van der Waals surface area contributed by atoms with E-state index in [1.54, 1.807) is 6.92 Å². The van der Waals surface area contributed by atoms with Crippen LogP contribution in [0.2, 0.25) is 0 Å². The molecule has 0 bridgehead atoms. The highest BCUT2D eigenvalue weighted by Crippen LogP contribution is 2.35. The zero-order valence-electron chi connectivity index (χ0n) is 29.6. The number of aromatic nitrogens is 1. The molecule has 0 amide bonds. The lowest BCUT2D eigenvalue weighted by atomic mass is 9.90. The van der Waals surface area contributed by atoms with Gasteiger partial charge in [0, 0.05) is 60.8 Å². The highest BCUT2D eigenvalue weighted by Gasteiger charge is 2.41. The van der Waals surface area contributed by atoms with Crippen LogP contribution in [0.1, 0.15) is 102 Å². The van der Waals surface area contributed by atoms with Gasteiger partial charge in [-0.2, -0.15) is 0 Å². The molecule has 47 heavy (non-hydrogen) atoms. The zero-order valence-corrected chi connectivity index (χ0v) is 29.6. The minimum Gasteiger partial charge on any atom is -0.379 e. The van der Waals surface area contributed by atoms with Crippen LogP contribution in [0, 0.1) is 5.92 Å². The topological polar surface area (TPSA) is 43.8 Å². The molecule has 0 saturated carbocycles. The van der Waals surface area contributed by atoms with E-state index in [0.717, 1.165) is 58.6 Å². The molecule has 1 aromatic heterocycles. The largest absolute Gasteiger partial charge is 0.379 e. The molecule has 0 aliphatic carbocycles. The predicted octanol–water partition coefficient (Wildman–Crippen LogP) is 9.67. The SMILES string of the molecule is C=C(NCC(=C)N1CC(C)(F)CC1C(=C)C)c1ccnc2ccc(CCCCCC3CCN(C(=C)CCCCC/C=N/C)CC3)cc12. The van der Waals surface area contributed by atoms with Crippen molar-refractivity contribution >= 4 is 22.8 Å². The first-order valence-corrected chi connectivity index (χ1v) is 18.0. The minimum absolute atomic E-state index is 0.0214. The van der Waals surface area contributed by atoms with Crippen molar-refractivity contribution in [2.75, 3.05) is 33.2 Å². The molecule has 6 heteroatoms. The van der Waals surface area contributed by atoms with Gasteiger partial charge in [-0.15, -0.1) is 0 Å². The Morgan fingerprint density at radius 1 is 1.04 bits per heavy atom. The third-order valence-corrected chi connectivity index (χ3v) is 10.2. The molecule has 1 aromatic carbocycles. The third kappa shape index (κ3) is 10.8. The van der Waals surface area contributed by atoms with E-state index < -0.39 is 5.67 Å². The lowest BCUT2D eigenvalue weighted by molar-refractivity contribution is 0.199. The number of nitrogens with one attached hydrogen (secondary N) is 1. The molecule has 3 heterocycles. The number of aryl methyl sites for hydroxylation is 1. The van der Waals surface area contributed by atoms with Crippen LogP contribution in [0.4, 0.5) is 4.39 Å². The summed E-state index contributed by atoms with van der Waals surface area (Å²) in [6.45, 7) is 24.0. The van der Waals surface area contributed by atoms with Crippen molar-refractivity contribution in [3.8, 4) is 0 Å². The van der Waals surface area contributed by atoms with Crippen LogP contribution in [-0.2, 0) is 6.42 Å². The molecule has 2 unspecified atom stereocenters. The maximum Gasteiger partial charge on any atom is 0.127 e. The summed E-state index contributed by atoms with van der Waals surface area (Å²) in [6.07, 6.45) is 19.1. The van der Waals surface area contributed by atoms with Gasteiger partial charge in [0.1, 0.15) is 5.67 Å². The maximum absolute atomic E-state index is 14.9. The number of alkyl halides is 1. The van der Waals surface area contributed by atoms with E-state index >= 15 is 0 Å². The van der Waals surface area contributed by atoms with E-state index in [1.807, 2.05) is 32.4 Å². The molecule has 4 rings (SSSR count). The average molecular weight is 642 g/mol. The van der Waals surface area contributed by atoms with Crippen LogP contribution in [0.5, 0.6) is 0 Å². The predicted molar refractivity (Wildman–Crippen MR) is 200 cm³/mol. The van der Waals surface area contributed by atoms with Crippen LogP contribution in [0.3, 0.4) is 0 Å². The minimum atomic E-state index is -1.24. The summed E-state index contributed by atoms with van der Waals surface area (Å²) in [5.74, 6) is 0.856. The number of hydrogen-bond acceptors (Lipinski definition) is 5. The third-order valence-electron chi connectivity index (χ3n) is 10.2. The number of aliphatic imine (C=N–C) groups is 1. The summed E-state index contributed by atoms with van der Waals surface area (Å²) in [6, 6.07) is 8.64. The number of allylic oxidation sites excluding steroid dienone is 1. The maximum atomic E-state index is 14.9. The molecule has 2 saturated heterocycles. The van der Waals surface area contributed by atoms with Gasteiger partial charge in [-0.3, -0.25) is 4.98 Å². The highest BCUT2D eigenvalue weighted by atomic mass is 19.1. The number of unbranched alkanes of at least 4 members (excludes halogenated alkanes) is 5. The molecule has 256 valence electrons. The molecular formula is C41H60FN5. The first kappa shape index (κ1) is 36.4. The molecule has 0 spiro atoms. The van der Waals surface area contributed by atoms with Gasteiger partial charge in [0.15, 0.2) is 0 Å². The van der Waals surface area contributed by atoms with Gasteiger partial charge in [-0.1, -0.05) is 63.6 Å². The Morgan fingerprint density at radius 3 is 2.55 bits per heavy atom. The fourth-order valence-corrected chi connectivity index (χ4v) is 7.34. The van der Waals surface area contributed by atoms with Gasteiger partial charge in [0.2, 0.25) is 0 Å². The normalized spacial score (nSPS) is 20.3. The van der Waals surface area contributed by atoms with Gasteiger partial charge in [-0.25, -0.2) is 4.39 Å². The van der Waals surface area contributed by atoms with Crippen LogP contribution in [0.25, 0.3) is 16.6 Å². The molecule has 2 aliphatic rings. The molecule has 2 atom stereocenters. The van der Waals surface area contributed by atoms with Crippen LogP contribution in [-0.4, -0.2) is 65.9 Å². The number of halogens is 1. The Labute approximate surface area is 284 Å². The van der Waals surface area contributed by atoms with Crippen molar-refractivity contribution in [2.24, 2.45) is 10.9 Å². The molecular weight excluding hydrogens is 581 g/mol. The summed E-state index contributed by atoms with van der Waals surface area (Å²) in [7, 11) is 1.85. The monoisotopic (exact) mass is 641 g/mol. The first-order valence-electron chi connectivity index (χ1n) is 18.0. The summed E-state index contributed by atoms with van der Waals surface area (Å²) in [5, 5.41) is 4.58. The van der Waals surface area contributed by atoms with Crippen molar-refractivity contribution in [3.63, 3.8) is 0 Å². The van der Waals surface area contributed by atoms with Crippen molar-refractivity contribution in [2.45, 2.75) is 109 Å². The van der Waals surface area contributed by atoms with Crippen LogP contribution in [0.15, 0.2) is 78.7 Å².